The van der Waals surface area contributed by atoms with E-state index >= 15 is 0 Å². The first kappa shape index (κ1) is 22.6. The van der Waals surface area contributed by atoms with Gasteiger partial charge < -0.3 is 20.3 Å². The number of imidazole rings is 1. The summed E-state index contributed by atoms with van der Waals surface area (Å²) in [7, 11) is 4.07. The van der Waals surface area contributed by atoms with Crippen LogP contribution in [-0.4, -0.2) is 62.7 Å². The van der Waals surface area contributed by atoms with Crippen LogP contribution in [0.2, 0.25) is 0 Å². The SMILES string of the molecule is Cc1ccnn2c(-c3ncc(Nc4ccc(C5CCOC5)c(CN(C)C)n4)c4c3CNC4=O)cnc12. The molecule has 4 aromatic heterocycles. The van der Waals surface area contributed by atoms with Crippen LogP contribution in [0.15, 0.2) is 36.8 Å². The molecule has 1 saturated heterocycles. The van der Waals surface area contributed by atoms with E-state index in [9.17, 15) is 4.79 Å². The van der Waals surface area contributed by atoms with Crippen LogP contribution in [0.25, 0.3) is 17.0 Å². The van der Waals surface area contributed by atoms with Crippen LogP contribution in [0.3, 0.4) is 0 Å². The Bertz CT molecular complexity index is 1470. The molecule has 0 saturated carbocycles. The van der Waals surface area contributed by atoms with Gasteiger partial charge in [0.1, 0.15) is 11.5 Å². The van der Waals surface area contributed by atoms with Gasteiger partial charge in [-0.15, -0.1) is 0 Å². The number of pyridine rings is 2. The Morgan fingerprint density at radius 2 is 2.11 bits per heavy atom. The van der Waals surface area contributed by atoms with Crippen LogP contribution in [0.5, 0.6) is 0 Å². The van der Waals surface area contributed by atoms with E-state index in [4.69, 9.17) is 14.7 Å². The molecule has 1 amide bonds. The Labute approximate surface area is 208 Å². The van der Waals surface area contributed by atoms with Gasteiger partial charge in [-0.25, -0.2) is 14.5 Å². The third kappa shape index (κ3) is 3.88. The van der Waals surface area contributed by atoms with Gasteiger partial charge in [0.15, 0.2) is 5.65 Å². The number of amides is 1. The number of aromatic nitrogens is 5. The van der Waals surface area contributed by atoms with E-state index in [0.717, 1.165) is 54.3 Å². The van der Waals surface area contributed by atoms with Crippen molar-refractivity contribution in [3.63, 3.8) is 0 Å². The van der Waals surface area contributed by atoms with Crippen LogP contribution in [0, 0.1) is 6.92 Å². The third-order valence-electron chi connectivity index (χ3n) is 6.78. The monoisotopic (exact) mass is 484 g/mol. The van der Waals surface area contributed by atoms with Gasteiger partial charge in [-0.2, -0.15) is 5.10 Å². The number of rotatable bonds is 6. The van der Waals surface area contributed by atoms with E-state index in [1.807, 2.05) is 33.2 Å². The summed E-state index contributed by atoms with van der Waals surface area (Å²) in [6, 6.07) is 6.02. The molecule has 6 rings (SSSR count). The maximum Gasteiger partial charge on any atom is 0.254 e. The lowest BCUT2D eigenvalue weighted by molar-refractivity contribution is 0.0966. The zero-order chi connectivity index (χ0) is 24.8. The fourth-order valence-corrected chi connectivity index (χ4v) is 5.03. The summed E-state index contributed by atoms with van der Waals surface area (Å²) >= 11 is 0. The average Bonchev–Trinajstić information content (AvgIpc) is 3.60. The summed E-state index contributed by atoms with van der Waals surface area (Å²) in [5, 5.41) is 10.8. The lowest BCUT2D eigenvalue weighted by Crippen LogP contribution is -2.16. The maximum atomic E-state index is 12.9. The third-order valence-corrected chi connectivity index (χ3v) is 6.78. The first-order valence-electron chi connectivity index (χ1n) is 12.1. The van der Waals surface area contributed by atoms with Gasteiger partial charge in [-0.05, 0) is 50.7 Å². The van der Waals surface area contributed by atoms with Crippen molar-refractivity contribution in [1.82, 2.24) is 34.8 Å². The first-order chi connectivity index (χ1) is 17.5. The van der Waals surface area contributed by atoms with Gasteiger partial charge in [-0.3, -0.25) is 9.78 Å². The highest BCUT2D eigenvalue weighted by Gasteiger charge is 2.29. The van der Waals surface area contributed by atoms with Crippen molar-refractivity contribution in [2.75, 3.05) is 32.6 Å². The number of hydrogen-bond donors (Lipinski definition) is 2. The molecule has 0 bridgehead atoms. The summed E-state index contributed by atoms with van der Waals surface area (Å²) in [5.41, 5.74) is 7.49. The minimum Gasteiger partial charge on any atom is -0.381 e. The molecule has 4 aromatic rings. The van der Waals surface area contributed by atoms with Gasteiger partial charge in [0.05, 0.1) is 41.6 Å². The molecule has 2 aliphatic heterocycles. The van der Waals surface area contributed by atoms with Crippen molar-refractivity contribution in [2.45, 2.75) is 32.4 Å². The molecule has 0 aliphatic carbocycles. The predicted molar refractivity (Wildman–Crippen MR) is 135 cm³/mol. The normalized spacial score (nSPS) is 17.1. The number of aryl methyl sites for hydroxylation is 1. The molecule has 6 heterocycles. The zero-order valence-corrected chi connectivity index (χ0v) is 20.6. The number of carbonyl (C=O) groups is 1. The minimum absolute atomic E-state index is 0.137. The molecule has 2 aliphatic rings. The molecule has 184 valence electrons. The second-order valence-electron chi connectivity index (χ2n) is 9.61. The second kappa shape index (κ2) is 8.96. The fraction of sp³-hybridized carbons (Fsp3) is 0.346. The summed E-state index contributed by atoms with van der Waals surface area (Å²) in [6.45, 7) is 4.62. The molecule has 0 spiro atoms. The molecule has 0 radical (unpaired) electrons. The van der Waals surface area contributed by atoms with Gasteiger partial charge in [0.2, 0.25) is 0 Å². The van der Waals surface area contributed by atoms with Gasteiger partial charge in [-0.1, -0.05) is 6.07 Å². The molecule has 2 N–H and O–H groups in total. The number of anilines is 2. The number of carbonyl (C=O) groups excluding carboxylic acids is 1. The number of ether oxygens (including phenoxy) is 1. The predicted octanol–water partition coefficient (Wildman–Crippen LogP) is 3.05. The molecule has 10 heteroatoms. The van der Waals surface area contributed by atoms with Crippen molar-refractivity contribution in [2.24, 2.45) is 0 Å². The van der Waals surface area contributed by atoms with Crippen LogP contribution in [-0.2, 0) is 17.8 Å². The van der Waals surface area contributed by atoms with E-state index in [-0.39, 0.29) is 5.91 Å². The van der Waals surface area contributed by atoms with Crippen LogP contribution >= 0.6 is 0 Å². The van der Waals surface area contributed by atoms with Gasteiger partial charge in [0, 0.05) is 37.4 Å². The molecule has 1 atom stereocenters. The first-order valence-corrected chi connectivity index (χ1v) is 12.1. The summed E-state index contributed by atoms with van der Waals surface area (Å²) in [6.07, 6.45) is 6.20. The highest BCUT2D eigenvalue weighted by molar-refractivity contribution is 6.05. The topological polar surface area (TPSA) is 110 Å². The van der Waals surface area contributed by atoms with Crippen LogP contribution < -0.4 is 10.6 Å². The highest BCUT2D eigenvalue weighted by atomic mass is 16.5. The van der Waals surface area contributed by atoms with E-state index in [1.165, 1.54) is 5.56 Å². The minimum atomic E-state index is -0.137. The van der Waals surface area contributed by atoms with Crippen molar-refractivity contribution in [3.8, 4) is 11.4 Å². The lowest BCUT2D eigenvalue weighted by Gasteiger charge is -2.19. The summed E-state index contributed by atoms with van der Waals surface area (Å²) in [4.78, 5) is 29.2. The lowest BCUT2D eigenvalue weighted by atomic mass is 9.96. The standard InChI is InChI=1S/C26H28N8O2/c1-15-6-8-30-34-21(12-28-25(15)34)24-18-10-29-26(35)23(18)19(11-27-24)31-22-5-4-17(16-7-9-36-14-16)20(32-22)13-33(2)3/h4-6,8,11-12,16H,7,9-10,13-14H2,1-3H3,(H,29,35)(H,31,32). The average molecular weight is 485 g/mol. The number of nitrogens with zero attached hydrogens (tertiary/aromatic N) is 6. The number of hydrogen-bond acceptors (Lipinski definition) is 8. The summed E-state index contributed by atoms with van der Waals surface area (Å²) in [5.74, 6) is 0.903. The van der Waals surface area contributed by atoms with E-state index in [0.29, 0.717) is 35.2 Å². The Balaban J connectivity index is 1.38. The number of nitrogens with one attached hydrogen (secondary N) is 2. The van der Waals surface area contributed by atoms with Crippen molar-refractivity contribution >= 4 is 23.1 Å². The Morgan fingerprint density at radius 3 is 2.92 bits per heavy atom. The van der Waals surface area contributed by atoms with Crippen molar-refractivity contribution in [1.29, 1.82) is 0 Å². The Morgan fingerprint density at radius 1 is 1.22 bits per heavy atom. The zero-order valence-electron chi connectivity index (χ0n) is 20.6. The second-order valence-corrected chi connectivity index (χ2v) is 9.61. The van der Waals surface area contributed by atoms with Crippen LogP contribution in [0.4, 0.5) is 11.5 Å². The van der Waals surface area contributed by atoms with Crippen molar-refractivity contribution < 1.29 is 9.53 Å². The molecule has 10 nitrogen and oxygen atoms in total. The van der Waals surface area contributed by atoms with Gasteiger partial charge in [0.25, 0.3) is 5.91 Å². The molecule has 0 aromatic carbocycles. The van der Waals surface area contributed by atoms with Gasteiger partial charge >= 0.3 is 0 Å². The highest BCUT2D eigenvalue weighted by Crippen LogP contribution is 2.34. The molecule has 1 unspecified atom stereocenters. The molecule has 36 heavy (non-hydrogen) atoms. The number of fused-ring (bicyclic) bond motifs is 2. The maximum absolute atomic E-state index is 12.9. The van der Waals surface area contributed by atoms with E-state index in [1.54, 1.807) is 23.1 Å². The fourth-order valence-electron chi connectivity index (χ4n) is 5.03. The summed E-state index contributed by atoms with van der Waals surface area (Å²) < 4.78 is 7.39. The molecule has 1 fully saturated rings. The quantitative estimate of drug-likeness (QED) is 0.430. The Hall–Kier alpha value is -3.89. The van der Waals surface area contributed by atoms with E-state index in [2.05, 4.69) is 31.7 Å². The smallest absolute Gasteiger partial charge is 0.254 e. The molecular formula is C26H28N8O2. The largest absolute Gasteiger partial charge is 0.381 e. The molecular weight excluding hydrogens is 456 g/mol. The van der Waals surface area contributed by atoms with Crippen LogP contribution in [0.1, 0.15) is 45.1 Å². The van der Waals surface area contributed by atoms with Crippen molar-refractivity contribution in [3.05, 3.63) is 64.7 Å². The van der Waals surface area contributed by atoms with E-state index < -0.39 is 0 Å². The Kier molecular flexibility index (Phi) is 5.62.